The van der Waals surface area contributed by atoms with Crippen LogP contribution in [0.15, 0.2) is 18.2 Å². The van der Waals surface area contributed by atoms with Gasteiger partial charge >= 0.3 is 0 Å². The second-order valence-electron chi connectivity index (χ2n) is 7.27. The predicted molar refractivity (Wildman–Crippen MR) is 98.7 cm³/mol. The Labute approximate surface area is 153 Å². The summed E-state index contributed by atoms with van der Waals surface area (Å²) >= 11 is 0. The third kappa shape index (κ3) is 3.72. The van der Waals surface area contributed by atoms with Crippen LogP contribution in [0.5, 0.6) is 0 Å². The van der Waals surface area contributed by atoms with Crippen molar-refractivity contribution in [1.82, 2.24) is 10.2 Å². The van der Waals surface area contributed by atoms with Gasteiger partial charge in [-0.3, -0.25) is 14.4 Å². The monoisotopic (exact) mass is 358 g/mol. The normalized spacial score (nSPS) is 19.5. The van der Waals surface area contributed by atoms with Gasteiger partial charge in [-0.1, -0.05) is 6.07 Å². The van der Waals surface area contributed by atoms with Gasteiger partial charge in [-0.15, -0.1) is 0 Å². The molecule has 0 saturated carbocycles. The molecule has 7 heteroatoms. The first kappa shape index (κ1) is 18.4. The molecule has 140 valence electrons. The van der Waals surface area contributed by atoms with Gasteiger partial charge in [-0.2, -0.15) is 0 Å². The first-order chi connectivity index (χ1) is 12.4. The number of piperidine rings is 1. The lowest BCUT2D eigenvalue weighted by molar-refractivity contribution is -0.133. The smallest absolute Gasteiger partial charge is 0.251 e. The van der Waals surface area contributed by atoms with Crippen LogP contribution in [0.1, 0.15) is 42.6 Å². The van der Waals surface area contributed by atoms with E-state index in [1.165, 1.54) is 0 Å². The van der Waals surface area contributed by atoms with Crippen LogP contribution in [0.4, 0.5) is 5.69 Å². The summed E-state index contributed by atoms with van der Waals surface area (Å²) in [6.07, 6.45) is 1.92. The van der Waals surface area contributed by atoms with Crippen molar-refractivity contribution in [1.29, 1.82) is 0 Å². The van der Waals surface area contributed by atoms with Crippen molar-refractivity contribution in [3.05, 3.63) is 29.3 Å². The second-order valence-corrected chi connectivity index (χ2v) is 7.27. The van der Waals surface area contributed by atoms with Gasteiger partial charge < -0.3 is 21.3 Å². The Morgan fingerprint density at radius 1 is 1.27 bits per heavy atom. The molecule has 26 heavy (non-hydrogen) atoms. The quantitative estimate of drug-likeness (QED) is 0.743. The third-order valence-electron chi connectivity index (χ3n) is 5.34. The lowest BCUT2D eigenvalue weighted by Gasteiger charge is -2.35. The summed E-state index contributed by atoms with van der Waals surface area (Å²) in [6.45, 7) is 5.04. The Morgan fingerprint density at radius 2 is 1.96 bits per heavy atom. The van der Waals surface area contributed by atoms with Crippen LogP contribution >= 0.6 is 0 Å². The summed E-state index contributed by atoms with van der Waals surface area (Å²) < 4.78 is 0. The zero-order valence-corrected chi connectivity index (χ0v) is 15.2. The average Bonchev–Trinajstić information content (AvgIpc) is 3.00. The van der Waals surface area contributed by atoms with Gasteiger partial charge in [-0.05, 0) is 50.3 Å². The van der Waals surface area contributed by atoms with Crippen molar-refractivity contribution < 1.29 is 14.4 Å². The van der Waals surface area contributed by atoms with Crippen molar-refractivity contribution in [2.24, 2.45) is 11.7 Å². The van der Waals surface area contributed by atoms with E-state index in [9.17, 15) is 14.4 Å². The fraction of sp³-hybridized carbons (Fsp3) is 0.526. The molecule has 0 spiro atoms. The number of fused-ring (bicyclic) bond motifs is 1. The van der Waals surface area contributed by atoms with Crippen molar-refractivity contribution in [2.45, 2.75) is 45.2 Å². The van der Waals surface area contributed by atoms with Crippen LogP contribution in [0.2, 0.25) is 0 Å². The molecule has 2 aliphatic heterocycles. The molecule has 1 aromatic carbocycles. The van der Waals surface area contributed by atoms with Gasteiger partial charge in [-0.25, -0.2) is 0 Å². The maximum absolute atomic E-state index is 12.7. The topological polar surface area (TPSA) is 105 Å². The van der Waals surface area contributed by atoms with Crippen molar-refractivity contribution >= 4 is 23.4 Å². The number of likely N-dealkylation sites (tertiary alicyclic amines) is 1. The maximum Gasteiger partial charge on any atom is 0.251 e. The zero-order valence-electron chi connectivity index (χ0n) is 15.2. The van der Waals surface area contributed by atoms with Crippen LogP contribution in [-0.2, 0) is 16.0 Å². The fourth-order valence-corrected chi connectivity index (χ4v) is 3.77. The minimum absolute atomic E-state index is 0.00373. The lowest BCUT2D eigenvalue weighted by Crippen LogP contribution is -2.49. The molecule has 0 aromatic heterocycles. The van der Waals surface area contributed by atoms with Gasteiger partial charge in [0.2, 0.25) is 11.8 Å². The van der Waals surface area contributed by atoms with E-state index in [2.05, 4.69) is 10.6 Å². The van der Waals surface area contributed by atoms with E-state index in [0.29, 0.717) is 24.6 Å². The highest BCUT2D eigenvalue weighted by atomic mass is 16.2. The number of anilines is 1. The molecule has 2 heterocycles. The third-order valence-corrected chi connectivity index (χ3v) is 5.34. The van der Waals surface area contributed by atoms with Gasteiger partial charge in [0, 0.05) is 30.4 Å². The van der Waals surface area contributed by atoms with E-state index < -0.39 is 6.04 Å². The van der Waals surface area contributed by atoms with Gasteiger partial charge in [0.15, 0.2) is 0 Å². The highest BCUT2D eigenvalue weighted by Gasteiger charge is 2.29. The molecule has 0 radical (unpaired) electrons. The number of rotatable bonds is 4. The molecule has 7 nitrogen and oxygen atoms in total. The second kappa shape index (κ2) is 7.45. The van der Waals surface area contributed by atoms with Crippen molar-refractivity contribution in [2.75, 3.05) is 18.4 Å². The number of benzene rings is 1. The fourth-order valence-electron chi connectivity index (χ4n) is 3.77. The molecule has 1 saturated heterocycles. The summed E-state index contributed by atoms with van der Waals surface area (Å²) in [5.74, 6) is 0.0594. The van der Waals surface area contributed by atoms with E-state index in [1.807, 2.05) is 13.0 Å². The first-order valence-electron chi connectivity index (χ1n) is 9.13. The Kier molecular flexibility index (Phi) is 5.27. The van der Waals surface area contributed by atoms with Crippen molar-refractivity contribution in [3.63, 3.8) is 0 Å². The summed E-state index contributed by atoms with van der Waals surface area (Å²) in [7, 11) is 0. The SMILES string of the molecule is CC(N)C(=O)N1CCC(C(C)NC(=O)c2cccc3c2CC(=O)N3)CC1. The highest BCUT2D eigenvalue weighted by molar-refractivity contribution is 6.05. The van der Waals surface area contributed by atoms with Crippen LogP contribution in [0.3, 0.4) is 0 Å². The molecule has 2 aliphatic rings. The van der Waals surface area contributed by atoms with Crippen LogP contribution < -0.4 is 16.4 Å². The van der Waals surface area contributed by atoms with E-state index in [0.717, 1.165) is 24.1 Å². The molecule has 1 aromatic rings. The van der Waals surface area contributed by atoms with Crippen LogP contribution in [0.25, 0.3) is 0 Å². The largest absolute Gasteiger partial charge is 0.349 e. The van der Waals surface area contributed by atoms with Crippen LogP contribution in [-0.4, -0.2) is 47.8 Å². The zero-order chi connectivity index (χ0) is 18.8. The van der Waals surface area contributed by atoms with Gasteiger partial charge in [0.05, 0.1) is 12.5 Å². The lowest BCUT2D eigenvalue weighted by atomic mass is 9.89. The molecule has 4 N–H and O–H groups in total. The first-order valence-corrected chi connectivity index (χ1v) is 9.13. The number of carbonyl (C=O) groups is 3. The molecule has 2 unspecified atom stereocenters. The Morgan fingerprint density at radius 3 is 2.62 bits per heavy atom. The minimum Gasteiger partial charge on any atom is -0.349 e. The minimum atomic E-state index is -0.472. The molecule has 2 atom stereocenters. The Bertz CT molecular complexity index is 723. The number of nitrogens with two attached hydrogens (primary N) is 1. The number of hydrogen-bond acceptors (Lipinski definition) is 4. The number of nitrogens with one attached hydrogen (secondary N) is 2. The standard InChI is InChI=1S/C19H26N4O3/c1-11(20)19(26)23-8-6-13(7-9-23)12(2)21-18(25)14-4-3-5-16-15(14)10-17(24)22-16/h3-5,11-13H,6-10,20H2,1-2H3,(H,21,25)(H,22,24). The van der Waals surface area contributed by atoms with Crippen LogP contribution in [0, 0.1) is 5.92 Å². The summed E-state index contributed by atoms with van der Waals surface area (Å²) in [5.41, 5.74) is 7.71. The Hall–Kier alpha value is -2.41. The number of amides is 3. The van der Waals surface area contributed by atoms with Gasteiger partial charge in [0.25, 0.3) is 5.91 Å². The maximum atomic E-state index is 12.7. The number of carbonyl (C=O) groups excluding carboxylic acids is 3. The number of hydrogen-bond donors (Lipinski definition) is 3. The van der Waals surface area contributed by atoms with Gasteiger partial charge in [0.1, 0.15) is 0 Å². The van der Waals surface area contributed by atoms with Crippen molar-refractivity contribution in [3.8, 4) is 0 Å². The molecular weight excluding hydrogens is 332 g/mol. The van der Waals surface area contributed by atoms with E-state index >= 15 is 0 Å². The number of nitrogens with zero attached hydrogens (tertiary/aromatic N) is 1. The Balaban J connectivity index is 1.59. The summed E-state index contributed by atoms with van der Waals surface area (Å²) in [6, 6.07) is 4.87. The summed E-state index contributed by atoms with van der Waals surface area (Å²) in [5, 5.41) is 5.84. The average molecular weight is 358 g/mol. The molecule has 0 aliphatic carbocycles. The van der Waals surface area contributed by atoms with E-state index in [-0.39, 0.29) is 30.2 Å². The molecule has 3 amide bonds. The predicted octanol–water partition coefficient (Wildman–Crippen LogP) is 0.885. The van der Waals surface area contributed by atoms with E-state index in [1.54, 1.807) is 24.0 Å². The molecule has 0 bridgehead atoms. The molecule has 3 rings (SSSR count). The molecular formula is C19H26N4O3. The highest BCUT2D eigenvalue weighted by Crippen LogP contribution is 2.27. The molecule has 1 fully saturated rings. The van der Waals surface area contributed by atoms with E-state index in [4.69, 9.17) is 5.73 Å². The summed E-state index contributed by atoms with van der Waals surface area (Å²) in [4.78, 5) is 38.1.